The average molecular weight is 342 g/mol. The molecule has 132 valence electrons. The van der Waals surface area contributed by atoms with Gasteiger partial charge in [-0.2, -0.15) is 0 Å². The van der Waals surface area contributed by atoms with Crippen LogP contribution in [0.15, 0.2) is 30.5 Å². The van der Waals surface area contributed by atoms with E-state index in [2.05, 4.69) is 0 Å². The number of benzene rings is 1. The SMILES string of the molecule is CCOC(=O)[C@@H]1CCCN(C(=O)Cn2cc(C=O)c3ccccc32)C1. The lowest BCUT2D eigenvalue weighted by Gasteiger charge is -2.31. The maximum absolute atomic E-state index is 12.7. The molecular weight excluding hydrogens is 320 g/mol. The van der Waals surface area contributed by atoms with Crippen LogP contribution < -0.4 is 0 Å². The standard InChI is InChI=1S/C19H22N2O4/c1-2-25-19(24)14-6-5-9-20(10-14)18(23)12-21-11-15(13-22)16-7-3-4-8-17(16)21/h3-4,7-8,11,13-14H,2,5-6,9-10,12H2,1H3/t14-/m1/s1. The van der Waals surface area contributed by atoms with E-state index in [0.717, 1.165) is 30.0 Å². The van der Waals surface area contributed by atoms with Crippen LogP contribution in [0.4, 0.5) is 0 Å². The molecule has 0 N–H and O–H groups in total. The Hall–Kier alpha value is -2.63. The number of rotatable bonds is 5. The number of carbonyl (C=O) groups is 3. The number of hydrogen-bond acceptors (Lipinski definition) is 4. The summed E-state index contributed by atoms with van der Waals surface area (Å²) in [4.78, 5) is 37.6. The molecule has 1 aromatic heterocycles. The van der Waals surface area contributed by atoms with Gasteiger partial charge in [-0.05, 0) is 25.8 Å². The van der Waals surface area contributed by atoms with E-state index in [-0.39, 0.29) is 24.3 Å². The molecule has 6 heteroatoms. The molecule has 2 heterocycles. The summed E-state index contributed by atoms with van der Waals surface area (Å²) >= 11 is 0. The van der Waals surface area contributed by atoms with E-state index >= 15 is 0 Å². The molecule has 3 rings (SSSR count). The first kappa shape index (κ1) is 17.2. The van der Waals surface area contributed by atoms with Gasteiger partial charge in [-0.1, -0.05) is 18.2 Å². The van der Waals surface area contributed by atoms with E-state index in [1.54, 1.807) is 22.6 Å². The molecule has 1 atom stereocenters. The van der Waals surface area contributed by atoms with E-state index in [4.69, 9.17) is 4.74 Å². The van der Waals surface area contributed by atoms with Crippen LogP contribution in [0.2, 0.25) is 0 Å². The van der Waals surface area contributed by atoms with Crippen molar-refractivity contribution in [2.24, 2.45) is 5.92 Å². The molecule has 0 aliphatic carbocycles. The number of ether oxygens (including phenoxy) is 1. The molecule has 0 saturated carbocycles. The second kappa shape index (κ2) is 7.51. The number of hydrogen-bond donors (Lipinski definition) is 0. The van der Waals surface area contributed by atoms with Crippen molar-refractivity contribution < 1.29 is 19.1 Å². The first-order valence-corrected chi connectivity index (χ1v) is 8.61. The molecule has 0 unspecified atom stereocenters. The molecule has 25 heavy (non-hydrogen) atoms. The Kier molecular flexibility index (Phi) is 5.16. The van der Waals surface area contributed by atoms with Gasteiger partial charge in [0.15, 0.2) is 6.29 Å². The summed E-state index contributed by atoms with van der Waals surface area (Å²) in [6.07, 6.45) is 4.06. The molecule has 1 fully saturated rings. The molecule has 1 aliphatic rings. The maximum atomic E-state index is 12.7. The third-order valence-corrected chi connectivity index (χ3v) is 4.65. The molecule has 1 saturated heterocycles. The number of carbonyl (C=O) groups excluding carboxylic acids is 3. The summed E-state index contributed by atoms with van der Waals surface area (Å²) < 4.78 is 6.88. The predicted octanol–water partition coefficient (Wildman–Crippen LogP) is 2.26. The Morgan fingerprint density at radius 3 is 2.88 bits per heavy atom. The maximum Gasteiger partial charge on any atom is 0.310 e. The minimum Gasteiger partial charge on any atom is -0.466 e. The summed E-state index contributed by atoms with van der Waals surface area (Å²) in [5, 5.41) is 0.841. The number of piperidine rings is 1. The van der Waals surface area contributed by atoms with Crippen molar-refractivity contribution >= 4 is 29.1 Å². The molecule has 1 aromatic carbocycles. The summed E-state index contributed by atoms with van der Waals surface area (Å²) in [5.41, 5.74) is 1.43. The Labute approximate surface area is 146 Å². The Morgan fingerprint density at radius 1 is 1.32 bits per heavy atom. The van der Waals surface area contributed by atoms with E-state index < -0.39 is 0 Å². The summed E-state index contributed by atoms with van der Waals surface area (Å²) in [6.45, 7) is 3.34. The van der Waals surface area contributed by atoms with Crippen LogP contribution in [0.1, 0.15) is 30.1 Å². The second-order valence-corrected chi connectivity index (χ2v) is 6.28. The van der Waals surface area contributed by atoms with Crippen LogP contribution in [-0.4, -0.2) is 47.3 Å². The van der Waals surface area contributed by atoms with Gasteiger partial charge in [-0.3, -0.25) is 14.4 Å². The zero-order valence-corrected chi connectivity index (χ0v) is 14.3. The molecule has 1 aliphatic heterocycles. The first-order valence-electron chi connectivity index (χ1n) is 8.61. The van der Waals surface area contributed by atoms with Crippen molar-refractivity contribution in [3.63, 3.8) is 0 Å². The monoisotopic (exact) mass is 342 g/mol. The van der Waals surface area contributed by atoms with Crippen LogP contribution in [-0.2, 0) is 20.9 Å². The van der Waals surface area contributed by atoms with Gasteiger partial charge in [0.25, 0.3) is 0 Å². The van der Waals surface area contributed by atoms with Gasteiger partial charge in [0.2, 0.25) is 5.91 Å². The van der Waals surface area contributed by atoms with Crippen LogP contribution >= 0.6 is 0 Å². The summed E-state index contributed by atoms with van der Waals surface area (Å²) in [5.74, 6) is -0.522. The molecule has 0 spiro atoms. The van der Waals surface area contributed by atoms with Gasteiger partial charge >= 0.3 is 5.97 Å². The normalized spacial score (nSPS) is 17.5. The Balaban J connectivity index is 1.74. The van der Waals surface area contributed by atoms with Gasteiger partial charge in [0.1, 0.15) is 6.54 Å². The fourth-order valence-corrected chi connectivity index (χ4v) is 3.40. The number of aldehydes is 1. The van der Waals surface area contributed by atoms with Crippen molar-refractivity contribution in [3.8, 4) is 0 Å². The van der Waals surface area contributed by atoms with E-state index in [1.807, 2.05) is 24.3 Å². The fraction of sp³-hybridized carbons (Fsp3) is 0.421. The molecule has 0 radical (unpaired) electrons. The number of aromatic nitrogens is 1. The van der Waals surface area contributed by atoms with Crippen LogP contribution in [0.5, 0.6) is 0 Å². The van der Waals surface area contributed by atoms with Crippen molar-refractivity contribution in [1.29, 1.82) is 0 Å². The lowest BCUT2D eigenvalue weighted by molar-refractivity contribution is -0.151. The van der Waals surface area contributed by atoms with Gasteiger partial charge in [-0.25, -0.2) is 0 Å². The first-order chi connectivity index (χ1) is 12.1. The molecular formula is C19H22N2O4. The van der Waals surface area contributed by atoms with Crippen molar-refractivity contribution in [2.75, 3.05) is 19.7 Å². The largest absolute Gasteiger partial charge is 0.466 e. The number of fused-ring (bicyclic) bond motifs is 1. The highest BCUT2D eigenvalue weighted by Gasteiger charge is 2.29. The molecule has 1 amide bonds. The lowest BCUT2D eigenvalue weighted by Crippen LogP contribution is -2.44. The van der Waals surface area contributed by atoms with Crippen LogP contribution in [0.25, 0.3) is 10.9 Å². The van der Waals surface area contributed by atoms with Crippen molar-refractivity contribution in [1.82, 2.24) is 9.47 Å². The fourth-order valence-electron chi connectivity index (χ4n) is 3.40. The van der Waals surface area contributed by atoms with Gasteiger partial charge in [0, 0.05) is 35.8 Å². The Bertz CT molecular complexity index is 796. The summed E-state index contributed by atoms with van der Waals surface area (Å²) in [6, 6.07) is 7.52. The van der Waals surface area contributed by atoms with Crippen molar-refractivity contribution in [2.45, 2.75) is 26.3 Å². The van der Waals surface area contributed by atoms with Crippen LogP contribution in [0.3, 0.4) is 0 Å². The number of nitrogens with zero attached hydrogens (tertiary/aromatic N) is 2. The average Bonchev–Trinajstić information content (AvgIpc) is 3.00. The van der Waals surface area contributed by atoms with Gasteiger partial charge in [-0.15, -0.1) is 0 Å². The Morgan fingerprint density at radius 2 is 2.12 bits per heavy atom. The highest BCUT2D eigenvalue weighted by Crippen LogP contribution is 2.22. The van der Waals surface area contributed by atoms with Gasteiger partial charge < -0.3 is 14.2 Å². The number of likely N-dealkylation sites (tertiary alicyclic amines) is 1. The molecule has 0 bridgehead atoms. The van der Waals surface area contributed by atoms with Crippen molar-refractivity contribution in [3.05, 3.63) is 36.0 Å². The summed E-state index contributed by atoms with van der Waals surface area (Å²) in [7, 11) is 0. The third kappa shape index (κ3) is 3.57. The van der Waals surface area contributed by atoms with Gasteiger partial charge in [0.05, 0.1) is 12.5 Å². The van der Waals surface area contributed by atoms with E-state index in [9.17, 15) is 14.4 Å². The minimum absolute atomic E-state index is 0.0489. The third-order valence-electron chi connectivity index (χ3n) is 4.65. The number of para-hydroxylation sites is 1. The molecule has 6 nitrogen and oxygen atoms in total. The van der Waals surface area contributed by atoms with E-state index in [1.165, 1.54) is 0 Å². The minimum atomic E-state index is -0.246. The zero-order valence-electron chi connectivity index (χ0n) is 14.3. The zero-order chi connectivity index (χ0) is 17.8. The smallest absolute Gasteiger partial charge is 0.310 e. The lowest BCUT2D eigenvalue weighted by atomic mass is 9.98. The molecule has 2 aromatic rings. The highest BCUT2D eigenvalue weighted by molar-refractivity contribution is 5.98. The number of esters is 1. The van der Waals surface area contributed by atoms with Crippen LogP contribution in [0, 0.1) is 5.92 Å². The number of amides is 1. The quantitative estimate of drug-likeness (QED) is 0.617. The predicted molar refractivity (Wildman–Crippen MR) is 93.3 cm³/mol. The topological polar surface area (TPSA) is 68.6 Å². The van der Waals surface area contributed by atoms with E-state index in [0.29, 0.717) is 25.3 Å². The second-order valence-electron chi connectivity index (χ2n) is 6.28. The highest BCUT2D eigenvalue weighted by atomic mass is 16.5.